The molecular weight excluding hydrogens is 272 g/mol. The van der Waals surface area contributed by atoms with Gasteiger partial charge in [-0.2, -0.15) is 4.98 Å². The first kappa shape index (κ1) is 14.6. The summed E-state index contributed by atoms with van der Waals surface area (Å²) in [6, 6.07) is 4.34. The molecule has 0 saturated carbocycles. The second-order valence-electron chi connectivity index (χ2n) is 4.89. The van der Waals surface area contributed by atoms with E-state index in [9.17, 15) is 0 Å². The van der Waals surface area contributed by atoms with E-state index in [0.29, 0.717) is 17.4 Å². The molecule has 2 rings (SSSR count). The highest BCUT2D eigenvalue weighted by molar-refractivity contribution is 7.10. The maximum Gasteiger partial charge on any atom is 0.242 e. The standard InChI is InChI=1S/C14H20N4OS/c1-9(2)19-14-12(15)13(16-8-17-14)18(4)10(3)11-6-5-7-20-11/h5-10H,15H2,1-4H3. The van der Waals surface area contributed by atoms with E-state index in [1.54, 1.807) is 11.3 Å². The van der Waals surface area contributed by atoms with Gasteiger partial charge in [-0.15, -0.1) is 11.3 Å². The smallest absolute Gasteiger partial charge is 0.242 e. The van der Waals surface area contributed by atoms with E-state index < -0.39 is 0 Å². The highest BCUT2D eigenvalue weighted by atomic mass is 32.1. The summed E-state index contributed by atoms with van der Waals surface area (Å²) in [4.78, 5) is 11.7. The number of ether oxygens (including phenoxy) is 1. The van der Waals surface area contributed by atoms with Crippen LogP contribution in [0.15, 0.2) is 23.8 Å². The molecule has 1 unspecified atom stereocenters. The van der Waals surface area contributed by atoms with E-state index in [4.69, 9.17) is 10.5 Å². The van der Waals surface area contributed by atoms with Crippen molar-refractivity contribution >= 4 is 22.8 Å². The molecule has 2 aromatic heterocycles. The van der Waals surface area contributed by atoms with E-state index in [0.717, 1.165) is 0 Å². The lowest BCUT2D eigenvalue weighted by Crippen LogP contribution is -2.24. The lowest BCUT2D eigenvalue weighted by Gasteiger charge is -2.26. The molecule has 6 heteroatoms. The average molecular weight is 292 g/mol. The first-order valence-corrected chi connectivity index (χ1v) is 7.42. The van der Waals surface area contributed by atoms with E-state index in [-0.39, 0.29) is 12.1 Å². The van der Waals surface area contributed by atoms with Crippen LogP contribution in [0.4, 0.5) is 11.5 Å². The molecule has 0 bridgehead atoms. The van der Waals surface area contributed by atoms with Crippen LogP contribution in [0.1, 0.15) is 31.7 Å². The molecular formula is C14H20N4OS. The molecule has 0 aromatic carbocycles. The highest BCUT2D eigenvalue weighted by Gasteiger charge is 2.19. The molecule has 0 aliphatic carbocycles. The Morgan fingerprint density at radius 1 is 1.30 bits per heavy atom. The predicted octanol–water partition coefficient (Wildman–Crippen LogP) is 3.10. The van der Waals surface area contributed by atoms with Crippen molar-refractivity contribution in [3.63, 3.8) is 0 Å². The molecule has 0 fully saturated rings. The molecule has 2 N–H and O–H groups in total. The fourth-order valence-electron chi connectivity index (χ4n) is 1.87. The minimum atomic E-state index is 0.0278. The van der Waals surface area contributed by atoms with Gasteiger partial charge < -0.3 is 15.4 Å². The van der Waals surface area contributed by atoms with Gasteiger partial charge in [0.25, 0.3) is 0 Å². The lowest BCUT2D eigenvalue weighted by molar-refractivity contribution is 0.234. The van der Waals surface area contributed by atoms with Gasteiger partial charge in [0.2, 0.25) is 5.88 Å². The zero-order chi connectivity index (χ0) is 14.7. The Kier molecular flexibility index (Phi) is 4.44. The van der Waals surface area contributed by atoms with Crippen LogP contribution in [0.25, 0.3) is 0 Å². The van der Waals surface area contributed by atoms with Crippen LogP contribution in [0.3, 0.4) is 0 Å². The van der Waals surface area contributed by atoms with Gasteiger partial charge in [0.15, 0.2) is 5.82 Å². The van der Waals surface area contributed by atoms with Crippen molar-refractivity contribution in [3.8, 4) is 5.88 Å². The summed E-state index contributed by atoms with van der Waals surface area (Å²) in [5, 5.41) is 2.07. The third-order valence-electron chi connectivity index (χ3n) is 3.04. The Morgan fingerprint density at radius 3 is 2.65 bits per heavy atom. The van der Waals surface area contributed by atoms with E-state index >= 15 is 0 Å². The molecule has 0 saturated heterocycles. The maximum absolute atomic E-state index is 6.14. The Labute approximate surface area is 123 Å². The summed E-state index contributed by atoms with van der Waals surface area (Å²) < 4.78 is 5.61. The van der Waals surface area contributed by atoms with Crippen molar-refractivity contribution in [2.24, 2.45) is 0 Å². The molecule has 0 aliphatic heterocycles. The summed E-state index contributed by atoms with van der Waals surface area (Å²) in [7, 11) is 1.97. The Morgan fingerprint density at radius 2 is 2.05 bits per heavy atom. The average Bonchev–Trinajstić information content (AvgIpc) is 2.93. The van der Waals surface area contributed by atoms with Gasteiger partial charge >= 0.3 is 0 Å². The third-order valence-corrected chi connectivity index (χ3v) is 4.09. The number of hydrogen-bond donors (Lipinski definition) is 1. The zero-order valence-electron chi connectivity index (χ0n) is 12.2. The van der Waals surface area contributed by atoms with Gasteiger partial charge in [0.1, 0.15) is 12.0 Å². The minimum Gasteiger partial charge on any atom is -0.473 e. The largest absolute Gasteiger partial charge is 0.473 e. The highest BCUT2D eigenvalue weighted by Crippen LogP contribution is 2.33. The number of rotatable bonds is 5. The summed E-state index contributed by atoms with van der Waals surface area (Å²) >= 11 is 1.72. The second kappa shape index (κ2) is 6.09. The Balaban J connectivity index is 2.28. The maximum atomic E-state index is 6.14. The van der Waals surface area contributed by atoms with Crippen LogP contribution in [0, 0.1) is 0 Å². The normalized spacial score (nSPS) is 12.4. The molecule has 1 atom stereocenters. The van der Waals surface area contributed by atoms with E-state index in [1.165, 1.54) is 11.2 Å². The van der Waals surface area contributed by atoms with Gasteiger partial charge in [-0.25, -0.2) is 4.98 Å². The van der Waals surface area contributed by atoms with Gasteiger partial charge in [-0.3, -0.25) is 0 Å². The molecule has 5 nitrogen and oxygen atoms in total. The fourth-order valence-corrected chi connectivity index (χ4v) is 2.70. The summed E-state index contributed by atoms with van der Waals surface area (Å²) in [6.45, 7) is 6.01. The monoisotopic (exact) mass is 292 g/mol. The molecule has 2 heterocycles. The van der Waals surface area contributed by atoms with Crippen molar-refractivity contribution in [3.05, 3.63) is 28.7 Å². The Bertz CT molecular complexity index is 556. The van der Waals surface area contributed by atoms with Gasteiger partial charge in [0.05, 0.1) is 12.1 Å². The number of anilines is 2. The van der Waals surface area contributed by atoms with Gasteiger partial charge in [0, 0.05) is 11.9 Å². The lowest BCUT2D eigenvalue weighted by atomic mass is 10.2. The Hall–Kier alpha value is -1.82. The number of nitrogen functional groups attached to an aromatic ring is 1. The third kappa shape index (κ3) is 3.01. The van der Waals surface area contributed by atoms with E-state index in [2.05, 4.69) is 28.3 Å². The van der Waals surface area contributed by atoms with Crippen molar-refractivity contribution < 1.29 is 4.74 Å². The summed E-state index contributed by atoms with van der Waals surface area (Å²) in [5.41, 5.74) is 6.61. The molecule has 0 aliphatic rings. The van der Waals surface area contributed by atoms with Crippen molar-refractivity contribution in [1.82, 2.24) is 9.97 Å². The van der Waals surface area contributed by atoms with Crippen molar-refractivity contribution in [2.75, 3.05) is 17.7 Å². The van der Waals surface area contributed by atoms with Crippen LogP contribution in [0.2, 0.25) is 0 Å². The number of aromatic nitrogens is 2. The first-order valence-electron chi connectivity index (χ1n) is 6.54. The van der Waals surface area contributed by atoms with Crippen LogP contribution in [0.5, 0.6) is 5.88 Å². The summed E-state index contributed by atoms with van der Waals surface area (Å²) in [5.74, 6) is 1.13. The minimum absolute atomic E-state index is 0.0278. The zero-order valence-corrected chi connectivity index (χ0v) is 13.0. The van der Waals surface area contributed by atoms with Gasteiger partial charge in [-0.1, -0.05) is 6.07 Å². The van der Waals surface area contributed by atoms with Crippen molar-refractivity contribution in [2.45, 2.75) is 32.9 Å². The number of thiophene rings is 1. The summed E-state index contributed by atoms with van der Waals surface area (Å²) in [6.07, 6.45) is 1.51. The predicted molar refractivity (Wildman–Crippen MR) is 83.3 cm³/mol. The molecule has 2 aromatic rings. The number of hydrogen-bond acceptors (Lipinski definition) is 6. The quantitative estimate of drug-likeness (QED) is 0.917. The van der Waals surface area contributed by atoms with Crippen LogP contribution in [-0.2, 0) is 0 Å². The SMILES string of the molecule is CC(C)Oc1ncnc(N(C)C(C)c2cccs2)c1N. The first-order chi connectivity index (χ1) is 9.50. The topological polar surface area (TPSA) is 64.3 Å². The van der Waals surface area contributed by atoms with Gasteiger partial charge in [-0.05, 0) is 32.2 Å². The second-order valence-corrected chi connectivity index (χ2v) is 5.86. The van der Waals surface area contributed by atoms with Crippen LogP contribution >= 0.6 is 11.3 Å². The molecule has 0 radical (unpaired) electrons. The number of nitrogens with two attached hydrogens (primary N) is 1. The van der Waals surface area contributed by atoms with Crippen LogP contribution < -0.4 is 15.4 Å². The molecule has 20 heavy (non-hydrogen) atoms. The fraction of sp³-hybridized carbons (Fsp3) is 0.429. The molecule has 0 spiro atoms. The number of nitrogens with zero attached hydrogens (tertiary/aromatic N) is 3. The van der Waals surface area contributed by atoms with Crippen molar-refractivity contribution in [1.29, 1.82) is 0 Å². The van der Waals surface area contributed by atoms with E-state index in [1.807, 2.05) is 31.9 Å². The molecule has 108 valence electrons. The molecule has 0 amide bonds. The van der Waals surface area contributed by atoms with Crippen LogP contribution in [-0.4, -0.2) is 23.1 Å².